The Bertz CT molecular complexity index is 588. The van der Waals surface area contributed by atoms with Crippen LogP contribution in [0.15, 0.2) is 17.5 Å². The van der Waals surface area contributed by atoms with Crippen LogP contribution in [0, 0.1) is 17.8 Å². The Labute approximate surface area is 141 Å². The van der Waals surface area contributed by atoms with Gasteiger partial charge in [-0.05, 0) is 42.5 Å². The zero-order valence-electron chi connectivity index (χ0n) is 13.6. The summed E-state index contributed by atoms with van der Waals surface area (Å²) in [5.74, 6) is 1.81. The Hall–Kier alpha value is -1.36. The van der Waals surface area contributed by atoms with Crippen molar-refractivity contribution in [2.75, 3.05) is 20.1 Å². The summed E-state index contributed by atoms with van der Waals surface area (Å²) in [5, 5.41) is 2.03. The van der Waals surface area contributed by atoms with Crippen molar-refractivity contribution >= 4 is 23.2 Å². The summed E-state index contributed by atoms with van der Waals surface area (Å²) in [7, 11) is 1.85. The first-order valence-electron chi connectivity index (χ1n) is 8.73. The van der Waals surface area contributed by atoms with Crippen LogP contribution in [-0.2, 0) is 9.59 Å². The molecule has 5 heteroatoms. The minimum Gasteiger partial charge on any atom is -0.342 e. The van der Waals surface area contributed by atoms with Crippen molar-refractivity contribution in [1.82, 2.24) is 9.80 Å². The van der Waals surface area contributed by atoms with Crippen LogP contribution in [0.1, 0.15) is 43.0 Å². The molecular weight excluding hydrogens is 308 g/mol. The summed E-state index contributed by atoms with van der Waals surface area (Å²) in [6.45, 7) is 1.88. The van der Waals surface area contributed by atoms with Gasteiger partial charge in [0.1, 0.15) is 0 Å². The van der Waals surface area contributed by atoms with Crippen molar-refractivity contribution in [3.63, 3.8) is 0 Å². The number of likely N-dealkylation sites (tertiary alicyclic amines) is 2. The molecule has 0 aromatic carbocycles. The summed E-state index contributed by atoms with van der Waals surface area (Å²) < 4.78 is 0. The summed E-state index contributed by atoms with van der Waals surface area (Å²) in [5.41, 5.74) is 0. The molecule has 0 radical (unpaired) electrons. The second kappa shape index (κ2) is 5.93. The molecule has 2 amide bonds. The van der Waals surface area contributed by atoms with Gasteiger partial charge in [0.05, 0.1) is 12.0 Å². The van der Waals surface area contributed by atoms with E-state index < -0.39 is 0 Å². The third-order valence-corrected chi connectivity index (χ3v) is 6.99. The van der Waals surface area contributed by atoms with E-state index in [0.29, 0.717) is 12.8 Å². The van der Waals surface area contributed by atoms with E-state index >= 15 is 0 Å². The maximum absolute atomic E-state index is 13.2. The maximum atomic E-state index is 13.2. The molecule has 4 atom stereocenters. The van der Waals surface area contributed by atoms with E-state index in [1.54, 1.807) is 16.2 Å². The summed E-state index contributed by atoms with van der Waals surface area (Å²) >= 11 is 1.65. The molecule has 1 saturated carbocycles. The van der Waals surface area contributed by atoms with Crippen LogP contribution in [0.5, 0.6) is 0 Å². The van der Waals surface area contributed by atoms with Crippen molar-refractivity contribution in [3.05, 3.63) is 22.4 Å². The van der Waals surface area contributed by atoms with Gasteiger partial charge in [-0.15, -0.1) is 11.3 Å². The number of thiophene rings is 1. The number of hydrogen-bond acceptors (Lipinski definition) is 3. The lowest BCUT2D eigenvalue weighted by molar-refractivity contribution is -0.146. The Morgan fingerprint density at radius 3 is 2.61 bits per heavy atom. The molecule has 3 heterocycles. The molecule has 0 spiro atoms. The van der Waals surface area contributed by atoms with Gasteiger partial charge < -0.3 is 9.80 Å². The number of hydrogen-bond donors (Lipinski definition) is 0. The van der Waals surface area contributed by atoms with Gasteiger partial charge in [0.15, 0.2) is 0 Å². The first-order valence-corrected chi connectivity index (χ1v) is 9.61. The Morgan fingerprint density at radius 1 is 1.22 bits per heavy atom. The zero-order valence-corrected chi connectivity index (χ0v) is 14.4. The molecule has 4 rings (SSSR count). The van der Waals surface area contributed by atoms with Gasteiger partial charge in [0, 0.05) is 31.4 Å². The van der Waals surface area contributed by atoms with E-state index in [0.717, 1.165) is 29.8 Å². The van der Waals surface area contributed by atoms with Crippen molar-refractivity contribution in [2.45, 2.75) is 38.1 Å². The first kappa shape index (κ1) is 15.2. The minimum atomic E-state index is -0.0795. The average Bonchev–Trinajstić information content (AvgIpc) is 3.25. The van der Waals surface area contributed by atoms with Gasteiger partial charge in [0.2, 0.25) is 11.8 Å². The first-order chi connectivity index (χ1) is 11.1. The molecule has 23 heavy (non-hydrogen) atoms. The van der Waals surface area contributed by atoms with Crippen molar-refractivity contribution in [3.8, 4) is 0 Å². The fourth-order valence-electron chi connectivity index (χ4n) is 4.79. The van der Waals surface area contributed by atoms with Crippen molar-refractivity contribution in [2.24, 2.45) is 17.8 Å². The minimum absolute atomic E-state index is 0.0739. The van der Waals surface area contributed by atoms with Crippen LogP contribution in [-0.4, -0.2) is 41.8 Å². The zero-order chi connectivity index (χ0) is 16.0. The second-order valence-corrected chi connectivity index (χ2v) is 8.28. The topological polar surface area (TPSA) is 40.6 Å². The number of carbonyl (C=O) groups excluding carboxylic acids is 2. The number of amides is 2. The number of fused-ring (bicyclic) bond motifs is 1. The maximum Gasteiger partial charge on any atom is 0.228 e. The predicted octanol–water partition coefficient (Wildman–Crippen LogP) is 2.92. The number of rotatable bonds is 2. The van der Waals surface area contributed by atoms with Crippen molar-refractivity contribution in [1.29, 1.82) is 0 Å². The molecule has 0 bridgehead atoms. The van der Waals surface area contributed by atoms with Gasteiger partial charge in [-0.25, -0.2) is 0 Å². The number of piperidine rings is 1. The SMILES string of the molecule is CN1C(=O)CC[C@H](C(=O)N2C[C@@H]3CCC[C@H]3C2)[C@@H]1c1cccs1. The molecule has 3 aliphatic rings. The molecule has 124 valence electrons. The fourth-order valence-corrected chi connectivity index (χ4v) is 5.73. The highest BCUT2D eigenvalue weighted by Crippen LogP contribution is 2.42. The van der Waals surface area contributed by atoms with E-state index in [1.165, 1.54) is 19.3 Å². The van der Waals surface area contributed by atoms with Crippen LogP contribution in [0.25, 0.3) is 0 Å². The fraction of sp³-hybridized carbons (Fsp3) is 0.667. The van der Waals surface area contributed by atoms with Crippen LogP contribution in [0.4, 0.5) is 0 Å². The van der Waals surface area contributed by atoms with Gasteiger partial charge in [0.25, 0.3) is 0 Å². The quantitative estimate of drug-likeness (QED) is 0.835. The molecule has 2 aliphatic heterocycles. The van der Waals surface area contributed by atoms with Gasteiger partial charge in [-0.3, -0.25) is 9.59 Å². The molecule has 0 unspecified atom stereocenters. The van der Waals surface area contributed by atoms with Crippen LogP contribution < -0.4 is 0 Å². The van der Waals surface area contributed by atoms with E-state index in [2.05, 4.69) is 11.0 Å². The molecule has 1 aliphatic carbocycles. The lowest BCUT2D eigenvalue weighted by atomic mass is 9.87. The van der Waals surface area contributed by atoms with E-state index in [1.807, 2.05) is 18.5 Å². The van der Waals surface area contributed by atoms with E-state index in [4.69, 9.17) is 0 Å². The summed E-state index contributed by atoms with van der Waals surface area (Å²) in [6, 6.07) is 3.99. The predicted molar refractivity (Wildman–Crippen MR) is 90.0 cm³/mol. The largest absolute Gasteiger partial charge is 0.342 e. The Morgan fingerprint density at radius 2 is 1.96 bits per heavy atom. The third-order valence-electron chi connectivity index (χ3n) is 6.05. The summed E-state index contributed by atoms with van der Waals surface area (Å²) in [4.78, 5) is 30.4. The average molecular weight is 332 g/mol. The highest BCUT2D eigenvalue weighted by Gasteiger charge is 2.45. The highest BCUT2D eigenvalue weighted by molar-refractivity contribution is 7.10. The standard InChI is InChI=1S/C18H24N2O2S/c1-19-16(21)8-7-14(17(19)15-6-3-9-23-15)18(22)20-10-12-4-2-5-13(12)11-20/h3,6,9,12-14,17H,2,4-5,7-8,10-11H2,1H3/t12-,13-,14-,17+/m0/s1. The number of carbonyl (C=O) groups is 2. The normalized spacial score (nSPS) is 34.0. The van der Waals surface area contributed by atoms with Crippen LogP contribution >= 0.6 is 11.3 Å². The second-order valence-electron chi connectivity index (χ2n) is 7.30. The monoisotopic (exact) mass is 332 g/mol. The summed E-state index contributed by atoms with van der Waals surface area (Å²) in [6.07, 6.45) is 5.08. The molecule has 3 fully saturated rings. The van der Waals surface area contributed by atoms with E-state index in [-0.39, 0.29) is 23.8 Å². The molecule has 1 aromatic rings. The Balaban J connectivity index is 1.56. The molecular formula is C18H24N2O2S. The van der Waals surface area contributed by atoms with Gasteiger partial charge in [-0.2, -0.15) is 0 Å². The highest BCUT2D eigenvalue weighted by atomic mass is 32.1. The lowest BCUT2D eigenvalue weighted by Gasteiger charge is -2.39. The van der Waals surface area contributed by atoms with Crippen LogP contribution in [0.2, 0.25) is 0 Å². The third kappa shape index (κ3) is 2.59. The molecule has 2 saturated heterocycles. The van der Waals surface area contributed by atoms with Crippen LogP contribution in [0.3, 0.4) is 0 Å². The molecule has 0 N–H and O–H groups in total. The smallest absolute Gasteiger partial charge is 0.228 e. The van der Waals surface area contributed by atoms with Crippen molar-refractivity contribution < 1.29 is 9.59 Å². The van der Waals surface area contributed by atoms with Gasteiger partial charge >= 0.3 is 0 Å². The molecule has 1 aromatic heterocycles. The lowest BCUT2D eigenvalue weighted by Crippen LogP contribution is -2.47. The van der Waals surface area contributed by atoms with E-state index in [9.17, 15) is 9.59 Å². The Kier molecular flexibility index (Phi) is 3.92. The van der Waals surface area contributed by atoms with Gasteiger partial charge in [-0.1, -0.05) is 12.5 Å². The number of nitrogens with zero attached hydrogens (tertiary/aromatic N) is 2. The molecule has 4 nitrogen and oxygen atoms in total.